The van der Waals surface area contributed by atoms with Gasteiger partial charge in [0.25, 0.3) is 0 Å². The van der Waals surface area contributed by atoms with Crippen molar-refractivity contribution in [3.8, 4) is 0 Å². The van der Waals surface area contributed by atoms with Crippen molar-refractivity contribution >= 4 is 40.9 Å². The monoisotopic (exact) mass is 472 g/mol. The molecule has 0 aromatic heterocycles. The molecule has 1 aliphatic rings. The average molecular weight is 473 g/mol. The molecule has 172 valence electrons. The fourth-order valence-corrected chi connectivity index (χ4v) is 4.63. The number of fused-ring (bicyclic) bond motifs is 1. The molecule has 0 radical (unpaired) electrons. The molecule has 0 aliphatic heterocycles. The van der Waals surface area contributed by atoms with E-state index in [1.807, 2.05) is 18.2 Å². The van der Waals surface area contributed by atoms with Gasteiger partial charge < -0.3 is 4.74 Å². The van der Waals surface area contributed by atoms with E-state index >= 15 is 0 Å². The molecule has 0 atom stereocenters. The highest BCUT2D eigenvalue weighted by molar-refractivity contribution is 6.32. The maximum Gasteiger partial charge on any atom is 0.330 e. The van der Waals surface area contributed by atoms with Gasteiger partial charge in [-0.15, -0.1) is 0 Å². The predicted molar refractivity (Wildman–Crippen MR) is 139 cm³/mol. The van der Waals surface area contributed by atoms with Crippen LogP contribution in [0.2, 0.25) is 5.02 Å². The topological polar surface area (TPSA) is 26.3 Å². The Morgan fingerprint density at radius 1 is 1.06 bits per heavy atom. The van der Waals surface area contributed by atoms with Crippen molar-refractivity contribution in [2.45, 2.75) is 26.7 Å². The zero-order chi connectivity index (χ0) is 24.1. The second-order valence-electron chi connectivity index (χ2n) is 8.08. The van der Waals surface area contributed by atoms with Gasteiger partial charge in [-0.2, -0.15) is 0 Å². The number of ether oxygens (including phenoxy) is 1. The van der Waals surface area contributed by atoms with Crippen molar-refractivity contribution < 1.29 is 13.9 Å². The van der Waals surface area contributed by atoms with Crippen molar-refractivity contribution in [1.29, 1.82) is 0 Å². The number of halogens is 2. The van der Waals surface area contributed by atoms with Crippen LogP contribution in [0.5, 0.6) is 0 Å². The maximum absolute atomic E-state index is 13.8. The van der Waals surface area contributed by atoms with Crippen LogP contribution in [0.25, 0.3) is 23.3 Å². The van der Waals surface area contributed by atoms with E-state index in [2.05, 4.69) is 43.3 Å². The third-order valence-electron chi connectivity index (χ3n) is 5.90. The molecule has 0 saturated carbocycles. The van der Waals surface area contributed by atoms with Crippen LogP contribution in [0.15, 0.2) is 78.4 Å². The predicted octanol–water partition coefficient (Wildman–Crippen LogP) is 8.02. The molecule has 0 unspecified atom stereocenters. The Labute approximate surface area is 205 Å². The lowest BCUT2D eigenvalue weighted by Crippen LogP contribution is -1.99. The summed E-state index contributed by atoms with van der Waals surface area (Å²) >= 11 is 6.51. The van der Waals surface area contributed by atoms with Crippen LogP contribution in [0.3, 0.4) is 0 Å². The summed E-state index contributed by atoms with van der Waals surface area (Å²) in [6, 6.07) is 21.0. The first-order chi connectivity index (χ1) is 16.5. The van der Waals surface area contributed by atoms with E-state index < -0.39 is 0 Å². The van der Waals surface area contributed by atoms with E-state index in [1.165, 1.54) is 34.9 Å². The summed E-state index contributed by atoms with van der Waals surface area (Å²) < 4.78 is 18.7. The number of allylic oxidation sites excluding steroid dienone is 3. The first kappa shape index (κ1) is 23.7. The molecule has 0 saturated heterocycles. The second kappa shape index (κ2) is 10.7. The fourth-order valence-electron chi connectivity index (χ4n) is 4.35. The van der Waals surface area contributed by atoms with Crippen LogP contribution in [-0.4, -0.2) is 12.6 Å². The van der Waals surface area contributed by atoms with Gasteiger partial charge in [0, 0.05) is 6.08 Å². The molecule has 0 amide bonds. The number of benzene rings is 3. The molecule has 34 heavy (non-hydrogen) atoms. The molecule has 3 aromatic carbocycles. The zero-order valence-corrected chi connectivity index (χ0v) is 20.0. The van der Waals surface area contributed by atoms with Gasteiger partial charge in [0.05, 0.1) is 11.6 Å². The van der Waals surface area contributed by atoms with Gasteiger partial charge in [0.1, 0.15) is 5.82 Å². The van der Waals surface area contributed by atoms with E-state index in [0.29, 0.717) is 11.6 Å². The smallest absolute Gasteiger partial charge is 0.330 e. The minimum atomic E-state index is -0.361. The van der Waals surface area contributed by atoms with Crippen molar-refractivity contribution in [2.75, 3.05) is 6.61 Å². The molecule has 0 bridgehead atoms. The summed E-state index contributed by atoms with van der Waals surface area (Å²) in [5.41, 5.74) is 8.65. The Morgan fingerprint density at radius 2 is 1.82 bits per heavy atom. The fraction of sp³-hybridized carbons (Fsp3) is 0.167. The molecule has 0 heterocycles. The minimum absolute atomic E-state index is 0.347. The summed E-state index contributed by atoms with van der Waals surface area (Å²) in [4.78, 5) is 11.7. The van der Waals surface area contributed by atoms with Crippen molar-refractivity contribution in [3.63, 3.8) is 0 Å². The Kier molecular flexibility index (Phi) is 7.44. The van der Waals surface area contributed by atoms with Crippen LogP contribution < -0.4 is 0 Å². The molecular formula is C30H26ClFO2. The molecule has 4 heteroatoms. The molecule has 0 spiro atoms. The SMILES string of the molecule is CCOC(=O)/C=C/c1ccc(/C(C2=Cc3ccccc3C2)=C(/CC)c2ccc(F)cc2Cl)cc1. The maximum atomic E-state index is 13.8. The van der Waals surface area contributed by atoms with Crippen molar-refractivity contribution in [3.05, 3.63) is 117 Å². The largest absolute Gasteiger partial charge is 0.463 e. The normalized spacial score (nSPS) is 13.5. The lowest BCUT2D eigenvalue weighted by Gasteiger charge is -2.18. The van der Waals surface area contributed by atoms with Crippen LogP contribution >= 0.6 is 11.6 Å². The quantitative estimate of drug-likeness (QED) is 0.198. The standard InChI is InChI=1S/C30H26ClFO2/c1-3-26(27-15-14-25(32)19-28(27)31)30(24-17-22-7-5-6-8-23(22)18-24)21-12-9-20(10-13-21)11-16-29(33)34-4-2/h5-17,19H,3-4,18H2,1-2H3/b16-11+,30-26+. The average Bonchev–Trinajstić information content (AvgIpc) is 3.26. The Hall–Kier alpha value is -3.43. The number of carbonyl (C=O) groups excluding carboxylic acids is 1. The van der Waals surface area contributed by atoms with E-state index in [4.69, 9.17) is 16.3 Å². The molecular weight excluding hydrogens is 447 g/mol. The van der Waals surface area contributed by atoms with Crippen LogP contribution in [0, 0.1) is 5.82 Å². The molecule has 1 aliphatic carbocycles. The van der Waals surface area contributed by atoms with Gasteiger partial charge in [-0.3, -0.25) is 0 Å². The van der Waals surface area contributed by atoms with E-state index in [0.717, 1.165) is 40.7 Å². The second-order valence-corrected chi connectivity index (χ2v) is 8.49. The minimum Gasteiger partial charge on any atom is -0.463 e. The molecule has 0 fully saturated rings. The number of hydrogen-bond donors (Lipinski definition) is 0. The van der Waals surface area contributed by atoms with Gasteiger partial charge in [0.2, 0.25) is 0 Å². The summed E-state index contributed by atoms with van der Waals surface area (Å²) in [5, 5.41) is 0.402. The highest BCUT2D eigenvalue weighted by atomic mass is 35.5. The Morgan fingerprint density at radius 3 is 2.50 bits per heavy atom. The van der Waals surface area contributed by atoms with Crippen LogP contribution in [-0.2, 0) is 16.0 Å². The summed E-state index contributed by atoms with van der Waals surface area (Å²) in [6.07, 6.45) is 6.96. The number of hydrogen-bond acceptors (Lipinski definition) is 2. The van der Waals surface area contributed by atoms with Crippen LogP contribution in [0.1, 0.15) is 48.1 Å². The van der Waals surface area contributed by atoms with Gasteiger partial charge in [-0.1, -0.05) is 79.2 Å². The third-order valence-corrected chi connectivity index (χ3v) is 6.21. The van der Waals surface area contributed by atoms with Crippen LogP contribution in [0.4, 0.5) is 4.39 Å². The number of rotatable bonds is 7. The Bertz CT molecular complexity index is 1300. The van der Waals surface area contributed by atoms with Crippen molar-refractivity contribution in [2.24, 2.45) is 0 Å². The molecule has 2 nitrogen and oxygen atoms in total. The van der Waals surface area contributed by atoms with E-state index in [-0.39, 0.29) is 11.8 Å². The highest BCUT2D eigenvalue weighted by Gasteiger charge is 2.21. The number of carbonyl (C=O) groups is 1. The van der Waals surface area contributed by atoms with Gasteiger partial charge in [-0.05, 0) is 82.5 Å². The van der Waals surface area contributed by atoms with E-state index in [1.54, 1.807) is 19.1 Å². The van der Waals surface area contributed by atoms with Gasteiger partial charge in [-0.25, -0.2) is 9.18 Å². The molecule has 0 N–H and O–H groups in total. The highest BCUT2D eigenvalue weighted by Crippen LogP contribution is 2.41. The molecule has 4 rings (SSSR count). The molecule has 3 aromatic rings. The zero-order valence-electron chi connectivity index (χ0n) is 19.3. The first-order valence-electron chi connectivity index (χ1n) is 11.4. The lowest BCUT2D eigenvalue weighted by atomic mass is 9.87. The first-order valence-corrected chi connectivity index (χ1v) is 11.8. The number of esters is 1. The lowest BCUT2D eigenvalue weighted by molar-refractivity contribution is -0.137. The van der Waals surface area contributed by atoms with Crippen molar-refractivity contribution in [1.82, 2.24) is 0 Å². The Balaban J connectivity index is 1.81. The van der Waals surface area contributed by atoms with E-state index in [9.17, 15) is 9.18 Å². The van der Waals surface area contributed by atoms with Gasteiger partial charge in [0.15, 0.2) is 0 Å². The van der Waals surface area contributed by atoms with Gasteiger partial charge >= 0.3 is 5.97 Å². The third kappa shape index (κ3) is 5.21. The summed E-state index contributed by atoms with van der Waals surface area (Å²) in [6.45, 7) is 4.22. The summed E-state index contributed by atoms with van der Waals surface area (Å²) in [7, 11) is 0. The summed E-state index contributed by atoms with van der Waals surface area (Å²) in [5.74, 6) is -0.712.